The van der Waals surface area contributed by atoms with Gasteiger partial charge in [0.15, 0.2) is 6.61 Å². The van der Waals surface area contributed by atoms with E-state index in [2.05, 4.69) is 4.84 Å². The summed E-state index contributed by atoms with van der Waals surface area (Å²) in [6.45, 7) is 1.24. The van der Waals surface area contributed by atoms with Crippen LogP contribution in [0.25, 0.3) is 0 Å². The molecule has 1 rings (SSSR count). The van der Waals surface area contributed by atoms with Crippen molar-refractivity contribution in [1.29, 1.82) is 0 Å². The molecule has 0 saturated heterocycles. The Morgan fingerprint density at radius 3 is 2.81 bits per heavy atom. The second-order valence-corrected chi connectivity index (χ2v) is 3.16. The summed E-state index contributed by atoms with van der Waals surface area (Å²) in [7, 11) is 0. The van der Waals surface area contributed by atoms with Gasteiger partial charge in [-0.15, -0.1) is 0 Å². The molecule has 0 aliphatic carbocycles. The molecule has 16 heavy (non-hydrogen) atoms. The molecule has 2 amide bonds. The van der Waals surface area contributed by atoms with Crippen LogP contribution in [0.4, 0.5) is 0 Å². The van der Waals surface area contributed by atoms with Crippen molar-refractivity contribution in [2.24, 2.45) is 5.73 Å². The summed E-state index contributed by atoms with van der Waals surface area (Å²) in [6.07, 6.45) is 0. The molecule has 1 aromatic rings. The summed E-state index contributed by atoms with van der Waals surface area (Å²) in [5, 5.41) is 9.57. The molecule has 0 bridgehead atoms. The lowest BCUT2D eigenvalue weighted by Gasteiger charge is -2.07. The highest BCUT2D eigenvalue weighted by Crippen LogP contribution is 2.20. The molecule has 4 N–H and O–H groups in total. The molecule has 0 aliphatic rings. The Labute approximate surface area is 92.0 Å². The van der Waals surface area contributed by atoms with Gasteiger partial charge in [0.05, 0.1) is 5.56 Å². The van der Waals surface area contributed by atoms with E-state index >= 15 is 0 Å². The maximum atomic E-state index is 11.5. The predicted octanol–water partition coefficient (Wildman–Crippen LogP) is -0.153. The van der Waals surface area contributed by atoms with Crippen LogP contribution in [-0.4, -0.2) is 23.5 Å². The zero-order valence-electron chi connectivity index (χ0n) is 8.69. The number of benzene rings is 1. The van der Waals surface area contributed by atoms with E-state index in [1.807, 2.05) is 5.48 Å². The number of aryl methyl sites for hydroxylation is 1. The van der Waals surface area contributed by atoms with Crippen LogP contribution in [0.1, 0.15) is 15.9 Å². The second kappa shape index (κ2) is 5.13. The van der Waals surface area contributed by atoms with E-state index in [9.17, 15) is 14.7 Å². The van der Waals surface area contributed by atoms with E-state index in [1.54, 1.807) is 19.1 Å². The van der Waals surface area contributed by atoms with Gasteiger partial charge in [0.1, 0.15) is 5.75 Å². The number of aromatic hydroxyl groups is 1. The van der Waals surface area contributed by atoms with Crippen LogP contribution in [0.2, 0.25) is 0 Å². The Hall–Kier alpha value is -2.08. The molecule has 86 valence electrons. The molecule has 0 aromatic heterocycles. The molecule has 1 aromatic carbocycles. The highest BCUT2D eigenvalue weighted by Gasteiger charge is 2.12. The lowest BCUT2D eigenvalue weighted by molar-refractivity contribution is -0.124. The monoisotopic (exact) mass is 224 g/mol. The van der Waals surface area contributed by atoms with Gasteiger partial charge in [-0.05, 0) is 18.6 Å². The van der Waals surface area contributed by atoms with Crippen molar-refractivity contribution >= 4 is 11.8 Å². The first-order chi connectivity index (χ1) is 7.52. The highest BCUT2D eigenvalue weighted by atomic mass is 16.7. The average molecular weight is 224 g/mol. The number of hydrogen-bond donors (Lipinski definition) is 3. The van der Waals surface area contributed by atoms with Crippen molar-refractivity contribution in [2.45, 2.75) is 6.92 Å². The number of primary amides is 1. The van der Waals surface area contributed by atoms with Gasteiger partial charge in [0.2, 0.25) is 5.91 Å². The quantitative estimate of drug-likeness (QED) is 0.619. The third kappa shape index (κ3) is 2.96. The van der Waals surface area contributed by atoms with Crippen molar-refractivity contribution in [3.63, 3.8) is 0 Å². The van der Waals surface area contributed by atoms with Gasteiger partial charge in [-0.3, -0.25) is 14.4 Å². The SMILES string of the molecule is Cc1cccc(C(=O)NOCC(N)=O)c1O. The minimum Gasteiger partial charge on any atom is -0.507 e. The molecular weight excluding hydrogens is 212 g/mol. The van der Waals surface area contributed by atoms with E-state index in [4.69, 9.17) is 5.73 Å². The smallest absolute Gasteiger partial charge is 0.278 e. The summed E-state index contributed by atoms with van der Waals surface area (Å²) < 4.78 is 0. The molecule has 0 heterocycles. The lowest BCUT2D eigenvalue weighted by atomic mass is 10.1. The first-order valence-corrected chi connectivity index (χ1v) is 4.51. The molecule has 0 unspecified atom stereocenters. The number of carbonyl (C=O) groups is 2. The largest absolute Gasteiger partial charge is 0.507 e. The van der Waals surface area contributed by atoms with Crippen molar-refractivity contribution in [3.8, 4) is 5.75 Å². The van der Waals surface area contributed by atoms with Crippen LogP contribution in [0.3, 0.4) is 0 Å². The molecule has 0 fully saturated rings. The lowest BCUT2D eigenvalue weighted by Crippen LogP contribution is -2.29. The van der Waals surface area contributed by atoms with Crippen molar-refractivity contribution in [2.75, 3.05) is 6.61 Å². The third-order valence-electron chi connectivity index (χ3n) is 1.86. The molecule has 6 nitrogen and oxygen atoms in total. The van der Waals surface area contributed by atoms with Gasteiger partial charge in [-0.2, -0.15) is 0 Å². The summed E-state index contributed by atoms with van der Waals surface area (Å²) in [4.78, 5) is 26.3. The second-order valence-electron chi connectivity index (χ2n) is 3.16. The van der Waals surface area contributed by atoms with Gasteiger partial charge in [-0.1, -0.05) is 12.1 Å². The fourth-order valence-corrected chi connectivity index (χ4v) is 1.07. The van der Waals surface area contributed by atoms with Crippen molar-refractivity contribution < 1.29 is 19.5 Å². The number of phenolic OH excluding ortho intramolecular Hbond substituents is 1. The normalized spacial score (nSPS) is 9.81. The van der Waals surface area contributed by atoms with Crippen LogP contribution in [0.5, 0.6) is 5.75 Å². The molecule has 0 atom stereocenters. The summed E-state index contributed by atoms with van der Waals surface area (Å²) in [6, 6.07) is 4.72. The first-order valence-electron chi connectivity index (χ1n) is 4.51. The fourth-order valence-electron chi connectivity index (χ4n) is 1.07. The van der Waals surface area contributed by atoms with Crippen LogP contribution in [-0.2, 0) is 9.63 Å². The molecule has 0 saturated carbocycles. The Bertz CT molecular complexity index is 417. The zero-order chi connectivity index (χ0) is 12.1. The Kier molecular flexibility index (Phi) is 3.84. The molecule has 0 spiro atoms. The molecule has 6 heteroatoms. The maximum absolute atomic E-state index is 11.5. The topological polar surface area (TPSA) is 102 Å². The number of para-hydroxylation sites is 1. The fraction of sp³-hybridized carbons (Fsp3) is 0.200. The van der Waals surface area contributed by atoms with E-state index in [1.165, 1.54) is 6.07 Å². The molecule has 0 aliphatic heterocycles. The van der Waals surface area contributed by atoms with Crippen LogP contribution >= 0.6 is 0 Å². The maximum Gasteiger partial charge on any atom is 0.278 e. The number of nitrogens with two attached hydrogens (primary N) is 1. The van der Waals surface area contributed by atoms with E-state index in [-0.39, 0.29) is 11.3 Å². The average Bonchev–Trinajstić information content (AvgIpc) is 2.21. The highest BCUT2D eigenvalue weighted by molar-refractivity contribution is 5.96. The van der Waals surface area contributed by atoms with Gasteiger partial charge in [0, 0.05) is 0 Å². The number of nitrogens with one attached hydrogen (secondary N) is 1. The van der Waals surface area contributed by atoms with Crippen LogP contribution in [0.15, 0.2) is 18.2 Å². The number of carbonyl (C=O) groups excluding carboxylic acids is 2. The van der Waals surface area contributed by atoms with E-state index in [0.717, 1.165) is 0 Å². The minimum absolute atomic E-state index is 0.0736. The molecule has 0 radical (unpaired) electrons. The van der Waals surface area contributed by atoms with Gasteiger partial charge in [-0.25, -0.2) is 5.48 Å². The third-order valence-corrected chi connectivity index (χ3v) is 1.86. The van der Waals surface area contributed by atoms with Gasteiger partial charge in [0.25, 0.3) is 5.91 Å². The number of phenols is 1. The Morgan fingerprint density at radius 2 is 2.19 bits per heavy atom. The van der Waals surface area contributed by atoms with E-state index < -0.39 is 18.4 Å². The standard InChI is InChI=1S/C10H12N2O4/c1-6-3-2-4-7(9(6)14)10(15)12-16-5-8(11)13/h2-4,14H,5H2,1H3,(H2,11,13)(H,12,15). The first kappa shape index (κ1) is 12.0. The van der Waals surface area contributed by atoms with Crippen LogP contribution < -0.4 is 11.2 Å². The Morgan fingerprint density at radius 1 is 1.50 bits per heavy atom. The number of amides is 2. The molecular formula is C10H12N2O4. The number of hydrogen-bond acceptors (Lipinski definition) is 4. The van der Waals surface area contributed by atoms with Gasteiger partial charge < -0.3 is 10.8 Å². The van der Waals surface area contributed by atoms with Crippen molar-refractivity contribution in [3.05, 3.63) is 29.3 Å². The Balaban J connectivity index is 2.66. The number of hydroxylamine groups is 1. The predicted molar refractivity (Wildman–Crippen MR) is 55.5 cm³/mol. The van der Waals surface area contributed by atoms with Crippen LogP contribution in [0, 0.1) is 6.92 Å². The van der Waals surface area contributed by atoms with Gasteiger partial charge >= 0.3 is 0 Å². The summed E-state index contributed by atoms with van der Waals surface area (Å²) >= 11 is 0. The summed E-state index contributed by atoms with van der Waals surface area (Å²) in [5.41, 5.74) is 7.45. The minimum atomic E-state index is -0.700. The van der Waals surface area contributed by atoms with Crippen molar-refractivity contribution in [1.82, 2.24) is 5.48 Å². The zero-order valence-corrected chi connectivity index (χ0v) is 8.69. The van der Waals surface area contributed by atoms with E-state index in [0.29, 0.717) is 5.56 Å². The number of rotatable bonds is 4. The summed E-state index contributed by atoms with van der Waals surface area (Å²) in [5.74, 6) is -1.46.